The molecule has 0 radical (unpaired) electrons. The number of amides is 1. The van der Waals surface area contributed by atoms with Crippen molar-refractivity contribution in [2.24, 2.45) is 4.99 Å². The fraction of sp³-hybridized carbons (Fsp3) is 0.0667. The molecule has 0 fully saturated rings. The Labute approximate surface area is 203 Å². The van der Waals surface area contributed by atoms with Crippen LogP contribution in [0.15, 0.2) is 106 Å². The van der Waals surface area contributed by atoms with Crippen LogP contribution < -0.4 is 5.32 Å². The van der Waals surface area contributed by atoms with Crippen molar-refractivity contribution in [2.45, 2.75) is 13.3 Å². The summed E-state index contributed by atoms with van der Waals surface area (Å²) in [4.78, 5) is 17.2. The highest BCUT2D eigenvalue weighted by atomic mass is 16.3. The summed E-state index contributed by atoms with van der Waals surface area (Å²) in [5.41, 5.74) is 5.89. The van der Waals surface area contributed by atoms with E-state index in [1.165, 1.54) is 5.56 Å². The molecule has 1 aromatic heterocycles. The number of benzene rings is 4. The summed E-state index contributed by atoms with van der Waals surface area (Å²) in [6, 6.07) is 30.5. The number of hydrogen-bond donors (Lipinski definition) is 2. The number of anilines is 1. The van der Waals surface area contributed by atoms with Crippen molar-refractivity contribution >= 4 is 34.5 Å². The van der Waals surface area contributed by atoms with Crippen molar-refractivity contribution in [1.82, 2.24) is 0 Å². The number of phenols is 1. The number of carbonyl (C=O) groups excluding carboxylic acids is 1. The summed E-state index contributed by atoms with van der Waals surface area (Å²) >= 11 is 0. The summed E-state index contributed by atoms with van der Waals surface area (Å²) in [6.45, 7) is 1.91. The zero-order valence-electron chi connectivity index (χ0n) is 19.2. The molecule has 1 amide bonds. The molecule has 0 saturated heterocycles. The van der Waals surface area contributed by atoms with Crippen LogP contribution in [0.25, 0.3) is 11.0 Å². The molecule has 35 heavy (non-hydrogen) atoms. The van der Waals surface area contributed by atoms with E-state index in [0.717, 1.165) is 28.6 Å². The minimum atomic E-state index is -0.305. The number of hydrogen-bond acceptors (Lipinski definition) is 4. The first-order chi connectivity index (χ1) is 17.0. The predicted octanol–water partition coefficient (Wildman–Crippen LogP) is 7.04. The molecule has 172 valence electrons. The molecule has 4 aromatic carbocycles. The standard InChI is InChI=1S/C30H24N2O3/c1-20-15-25(12-13-26(20)32-30(34)29-18-23-9-5-6-10-28(23)35-29)31-19-24-17-22(11-14-27(24)33)16-21-7-3-2-4-8-21/h2-15,17-19,33H,16H2,1H3,(H,32,34). The molecule has 5 rings (SSSR count). The second-order valence-electron chi connectivity index (χ2n) is 8.42. The van der Waals surface area contributed by atoms with E-state index >= 15 is 0 Å². The normalized spacial score (nSPS) is 11.2. The SMILES string of the molecule is Cc1cc(N=Cc2cc(Cc3ccccc3)ccc2O)ccc1NC(=O)c1cc2ccccc2o1. The van der Waals surface area contributed by atoms with Gasteiger partial charge in [0, 0.05) is 22.9 Å². The lowest BCUT2D eigenvalue weighted by atomic mass is 10.0. The van der Waals surface area contributed by atoms with Gasteiger partial charge in [-0.15, -0.1) is 0 Å². The van der Waals surface area contributed by atoms with Crippen LogP contribution in [0.1, 0.15) is 32.8 Å². The van der Waals surface area contributed by atoms with Crippen LogP contribution in [0.2, 0.25) is 0 Å². The molecule has 0 saturated carbocycles. The van der Waals surface area contributed by atoms with Gasteiger partial charge in [0.1, 0.15) is 11.3 Å². The zero-order valence-corrected chi connectivity index (χ0v) is 19.2. The number of para-hydroxylation sites is 1. The predicted molar refractivity (Wildman–Crippen MR) is 140 cm³/mol. The van der Waals surface area contributed by atoms with E-state index in [1.807, 2.05) is 79.7 Å². The van der Waals surface area contributed by atoms with E-state index in [0.29, 0.717) is 16.8 Å². The van der Waals surface area contributed by atoms with E-state index in [-0.39, 0.29) is 17.4 Å². The Kier molecular flexibility index (Phi) is 6.14. The third-order valence-corrected chi connectivity index (χ3v) is 5.80. The van der Waals surface area contributed by atoms with Crippen LogP contribution in [0.5, 0.6) is 5.75 Å². The van der Waals surface area contributed by atoms with E-state index in [1.54, 1.807) is 18.3 Å². The Bertz CT molecular complexity index is 1500. The maximum Gasteiger partial charge on any atom is 0.291 e. The lowest BCUT2D eigenvalue weighted by molar-refractivity contribution is 0.0998. The van der Waals surface area contributed by atoms with Crippen molar-refractivity contribution in [1.29, 1.82) is 0 Å². The van der Waals surface area contributed by atoms with Crippen LogP contribution >= 0.6 is 0 Å². The van der Waals surface area contributed by atoms with Gasteiger partial charge in [-0.2, -0.15) is 0 Å². The van der Waals surface area contributed by atoms with Gasteiger partial charge in [-0.3, -0.25) is 9.79 Å². The van der Waals surface area contributed by atoms with Crippen molar-refractivity contribution in [3.05, 3.63) is 125 Å². The third kappa shape index (κ3) is 5.14. The number of aromatic hydroxyl groups is 1. The fourth-order valence-electron chi connectivity index (χ4n) is 3.94. The summed E-state index contributed by atoms with van der Waals surface area (Å²) in [5, 5.41) is 14.1. The van der Waals surface area contributed by atoms with E-state index in [4.69, 9.17) is 4.42 Å². The topological polar surface area (TPSA) is 74.8 Å². The minimum absolute atomic E-state index is 0.178. The molecule has 0 bridgehead atoms. The lowest BCUT2D eigenvalue weighted by Gasteiger charge is -2.08. The highest BCUT2D eigenvalue weighted by molar-refractivity contribution is 6.05. The first-order valence-electron chi connectivity index (χ1n) is 11.4. The Balaban J connectivity index is 1.30. The number of nitrogens with zero attached hydrogens (tertiary/aromatic N) is 1. The van der Waals surface area contributed by atoms with Crippen molar-refractivity contribution in [3.63, 3.8) is 0 Å². The largest absolute Gasteiger partial charge is 0.507 e. The number of furan rings is 1. The number of nitrogens with one attached hydrogen (secondary N) is 1. The second kappa shape index (κ2) is 9.69. The number of aryl methyl sites for hydroxylation is 1. The molecule has 1 heterocycles. The highest BCUT2D eigenvalue weighted by Crippen LogP contribution is 2.25. The monoisotopic (exact) mass is 460 g/mol. The Hall–Kier alpha value is -4.64. The first kappa shape index (κ1) is 22.2. The van der Waals surface area contributed by atoms with Crippen molar-refractivity contribution < 1.29 is 14.3 Å². The molecule has 0 aliphatic carbocycles. The maximum atomic E-state index is 12.7. The van der Waals surface area contributed by atoms with Gasteiger partial charge in [0.05, 0.1) is 5.69 Å². The van der Waals surface area contributed by atoms with Gasteiger partial charge >= 0.3 is 0 Å². The average Bonchev–Trinajstić information content (AvgIpc) is 3.31. The van der Waals surface area contributed by atoms with Crippen LogP contribution in [0.4, 0.5) is 11.4 Å². The number of rotatable bonds is 6. The molecule has 5 aromatic rings. The van der Waals surface area contributed by atoms with Gasteiger partial charge in [0.15, 0.2) is 5.76 Å². The molecule has 0 spiro atoms. The number of aliphatic imine (C=N–C) groups is 1. The van der Waals surface area contributed by atoms with Gasteiger partial charge in [-0.05, 0) is 72.5 Å². The molecule has 0 unspecified atom stereocenters. The van der Waals surface area contributed by atoms with Gasteiger partial charge in [0.2, 0.25) is 0 Å². The van der Waals surface area contributed by atoms with E-state index in [9.17, 15) is 9.90 Å². The number of carbonyl (C=O) groups is 1. The quantitative estimate of drug-likeness (QED) is 0.267. The average molecular weight is 461 g/mol. The zero-order chi connectivity index (χ0) is 24.2. The Morgan fingerprint density at radius 2 is 1.71 bits per heavy atom. The van der Waals surface area contributed by atoms with Gasteiger partial charge < -0.3 is 14.8 Å². The van der Waals surface area contributed by atoms with Crippen LogP contribution in [-0.4, -0.2) is 17.2 Å². The number of fused-ring (bicyclic) bond motifs is 1. The van der Waals surface area contributed by atoms with Crippen LogP contribution in [0.3, 0.4) is 0 Å². The second-order valence-corrected chi connectivity index (χ2v) is 8.42. The first-order valence-corrected chi connectivity index (χ1v) is 11.4. The van der Waals surface area contributed by atoms with E-state index < -0.39 is 0 Å². The Morgan fingerprint density at radius 1 is 0.914 bits per heavy atom. The smallest absolute Gasteiger partial charge is 0.291 e. The van der Waals surface area contributed by atoms with Crippen LogP contribution in [0, 0.1) is 6.92 Å². The summed E-state index contributed by atoms with van der Waals surface area (Å²) < 4.78 is 5.65. The Morgan fingerprint density at radius 3 is 2.51 bits per heavy atom. The van der Waals surface area contributed by atoms with Gasteiger partial charge in [-0.1, -0.05) is 54.6 Å². The minimum Gasteiger partial charge on any atom is -0.507 e. The third-order valence-electron chi connectivity index (χ3n) is 5.80. The number of phenolic OH excluding ortho intramolecular Hbond substituents is 1. The molecular formula is C30H24N2O3. The summed E-state index contributed by atoms with van der Waals surface area (Å²) in [5.74, 6) is 0.135. The van der Waals surface area contributed by atoms with Crippen molar-refractivity contribution in [2.75, 3.05) is 5.32 Å². The molecule has 2 N–H and O–H groups in total. The lowest BCUT2D eigenvalue weighted by Crippen LogP contribution is -2.11. The molecule has 0 aliphatic rings. The molecular weight excluding hydrogens is 436 g/mol. The van der Waals surface area contributed by atoms with Crippen molar-refractivity contribution in [3.8, 4) is 5.75 Å². The molecule has 5 nitrogen and oxygen atoms in total. The summed E-state index contributed by atoms with van der Waals surface area (Å²) in [7, 11) is 0. The maximum absolute atomic E-state index is 12.7. The molecule has 0 atom stereocenters. The van der Waals surface area contributed by atoms with Gasteiger partial charge in [-0.25, -0.2) is 0 Å². The van der Waals surface area contributed by atoms with Gasteiger partial charge in [0.25, 0.3) is 5.91 Å². The highest BCUT2D eigenvalue weighted by Gasteiger charge is 2.13. The van der Waals surface area contributed by atoms with Crippen LogP contribution in [-0.2, 0) is 6.42 Å². The fourth-order valence-corrected chi connectivity index (χ4v) is 3.94. The van der Waals surface area contributed by atoms with E-state index in [2.05, 4.69) is 22.4 Å². The summed E-state index contributed by atoms with van der Waals surface area (Å²) in [6.07, 6.45) is 2.44. The molecule has 5 heteroatoms. The molecule has 0 aliphatic heterocycles.